The molecule has 7 heteroatoms. The summed E-state index contributed by atoms with van der Waals surface area (Å²) in [5, 5.41) is 0.819. The standard InChI is InChI=1S/C34H45ClN4O2/c1-37(2)31(28-11-8-12-29(35)24-28)26-13-15-27(16-14-26)32(38-19-21-40-22-20-38)33-36-30(23-25-9-4-3-5-10-25)34(41-33)39-17-6-7-18-39/h3-5,8-12,24,26-27,31-32H,6-7,13-23H2,1-2H3. The van der Waals surface area contributed by atoms with E-state index in [0.717, 1.165) is 68.3 Å². The zero-order valence-corrected chi connectivity index (χ0v) is 25.4. The number of oxazole rings is 1. The third-order valence-corrected chi connectivity index (χ3v) is 9.68. The van der Waals surface area contributed by atoms with E-state index in [0.29, 0.717) is 17.9 Å². The number of anilines is 1. The van der Waals surface area contributed by atoms with Crippen molar-refractivity contribution >= 4 is 17.5 Å². The average molecular weight is 577 g/mol. The third-order valence-electron chi connectivity index (χ3n) is 9.45. The van der Waals surface area contributed by atoms with E-state index in [1.54, 1.807) is 0 Å². The van der Waals surface area contributed by atoms with E-state index in [1.165, 1.54) is 49.7 Å². The molecule has 3 heterocycles. The van der Waals surface area contributed by atoms with Crippen LogP contribution in [0, 0.1) is 11.8 Å². The second-order valence-corrected chi connectivity index (χ2v) is 12.8. The van der Waals surface area contributed by atoms with Gasteiger partial charge in [-0.25, -0.2) is 4.98 Å². The number of morpholine rings is 1. The van der Waals surface area contributed by atoms with Crippen molar-refractivity contribution in [2.45, 2.75) is 57.0 Å². The number of rotatable bonds is 9. The summed E-state index contributed by atoms with van der Waals surface area (Å²) in [4.78, 5) is 12.7. The van der Waals surface area contributed by atoms with Gasteiger partial charge in [0.25, 0.3) is 0 Å². The lowest BCUT2D eigenvalue weighted by atomic mass is 9.73. The van der Waals surface area contributed by atoms with Crippen molar-refractivity contribution in [3.8, 4) is 0 Å². The molecule has 6 rings (SSSR count). The molecule has 6 nitrogen and oxygen atoms in total. The van der Waals surface area contributed by atoms with Crippen LogP contribution in [0.15, 0.2) is 59.0 Å². The van der Waals surface area contributed by atoms with Gasteiger partial charge in [0.1, 0.15) is 5.69 Å². The van der Waals surface area contributed by atoms with Gasteiger partial charge in [-0.15, -0.1) is 0 Å². The van der Waals surface area contributed by atoms with Crippen molar-refractivity contribution in [3.63, 3.8) is 0 Å². The number of aromatic nitrogens is 1. The minimum absolute atomic E-state index is 0.190. The number of halogens is 1. The molecule has 2 saturated heterocycles. The van der Waals surface area contributed by atoms with E-state index < -0.39 is 0 Å². The minimum Gasteiger partial charge on any atom is -0.423 e. The summed E-state index contributed by atoms with van der Waals surface area (Å²) in [6.07, 6.45) is 7.98. The van der Waals surface area contributed by atoms with E-state index in [1.807, 2.05) is 6.07 Å². The molecule has 3 aromatic rings. The maximum Gasteiger partial charge on any atom is 0.219 e. The molecule has 2 atom stereocenters. The number of hydrogen-bond donors (Lipinski definition) is 0. The molecule has 0 bridgehead atoms. The summed E-state index contributed by atoms with van der Waals surface area (Å²) < 4.78 is 12.6. The summed E-state index contributed by atoms with van der Waals surface area (Å²) in [5.74, 6) is 3.04. The minimum atomic E-state index is 0.190. The summed E-state index contributed by atoms with van der Waals surface area (Å²) in [6.45, 7) is 5.53. The van der Waals surface area contributed by atoms with Gasteiger partial charge in [-0.2, -0.15) is 0 Å². The van der Waals surface area contributed by atoms with Crippen molar-refractivity contribution < 1.29 is 9.15 Å². The lowest BCUT2D eigenvalue weighted by Crippen LogP contribution is -2.43. The SMILES string of the molecule is CN(C)C(c1cccc(Cl)c1)C1CCC(C(c2nc(Cc3ccccc3)c(N3CCCC3)o2)N2CCOCC2)CC1. The quantitative estimate of drug-likeness (QED) is 0.273. The van der Waals surface area contributed by atoms with Crippen LogP contribution in [0.1, 0.15) is 73.3 Å². The van der Waals surface area contributed by atoms with Gasteiger partial charge < -0.3 is 19.0 Å². The normalized spacial score (nSPS) is 23.7. The zero-order valence-electron chi connectivity index (χ0n) is 24.7. The van der Waals surface area contributed by atoms with E-state index in [-0.39, 0.29) is 6.04 Å². The van der Waals surface area contributed by atoms with Gasteiger partial charge in [-0.1, -0.05) is 54.1 Å². The molecule has 2 aliphatic heterocycles. The monoisotopic (exact) mass is 576 g/mol. The lowest BCUT2D eigenvalue weighted by molar-refractivity contribution is -0.0151. The molecule has 2 aromatic carbocycles. The van der Waals surface area contributed by atoms with Crippen LogP contribution in [0.2, 0.25) is 5.02 Å². The second-order valence-electron chi connectivity index (χ2n) is 12.4. The largest absolute Gasteiger partial charge is 0.423 e. The lowest BCUT2D eigenvalue weighted by Gasteiger charge is -2.42. The predicted octanol–water partition coefficient (Wildman–Crippen LogP) is 7.00. The number of hydrogen-bond acceptors (Lipinski definition) is 6. The van der Waals surface area contributed by atoms with Crippen molar-refractivity contribution in [3.05, 3.63) is 82.3 Å². The molecule has 1 aromatic heterocycles. The molecule has 1 saturated carbocycles. The van der Waals surface area contributed by atoms with Gasteiger partial charge >= 0.3 is 0 Å². The Labute approximate surface area is 250 Å². The van der Waals surface area contributed by atoms with E-state index in [4.69, 9.17) is 25.7 Å². The van der Waals surface area contributed by atoms with Crippen molar-refractivity contribution in [2.75, 3.05) is 58.4 Å². The van der Waals surface area contributed by atoms with Gasteiger partial charge in [0.05, 0.1) is 19.3 Å². The first-order valence-corrected chi connectivity index (χ1v) is 16.0. The van der Waals surface area contributed by atoms with E-state index >= 15 is 0 Å². The molecule has 0 radical (unpaired) electrons. The van der Waals surface area contributed by atoms with Crippen LogP contribution in [0.3, 0.4) is 0 Å². The summed E-state index contributed by atoms with van der Waals surface area (Å²) in [5.41, 5.74) is 3.70. The van der Waals surface area contributed by atoms with E-state index in [9.17, 15) is 0 Å². The van der Waals surface area contributed by atoms with Crippen LogP contribution in [-0.4, -0.2) is 68.3 Å². The molecule has 0 amide bonds. The highest BCUT2D eigenvalue weighted by Gasteiger charge is 2.39. The van der Waals surface area contributed by atoms with Crippen LogP contribution >= 0.6 is 11.6 Å². The molecule has 41 heavy (non-hydrogen) atoms. The Hall–Kier alpha value is -2.38. The van der Waals surface area contributed by atoms with Gasteiger partial charge in [-0.05, 0) is 87.7 Å². The Morgan fingerprint density at radius 3 is 2.29 bits per heavy atom. The zero-order chi connectivity index (χ0) is 28.2. The number of benzene rings is 2. The van der Waals surface area contributed by atoms with Crippen LogP contribution in [-0.2, 0) is 11.2 Å². The van der Waals surface area contributed by atoms with Crippen molar-refractivity contribution in [1.29, 1.82) is 0 Å². The Balaban J connectivity index is 1.26. The molecule has 0 spiro atoms. The Kier molecular flexibility index (Phi) is 9.31. The fourth-order valence-corrected chi connectivity index (χ4v) is 7.73. The van der Waals surface area contributed by atoms with Crippen LogP contribution in [0.25, 0.3) is 0 Å². The summed E-state index contributed by atoms with van der Waals surface area (Å²) in [7, 11) is 4.41. The maximum atomic E-state index is 6.84. The maximum absolute atomic E-state index is 6.84. The molecule has 220 valence electrons. The van der Waals surface area contributed by atoms with Crippen LogP contribution in [0.5, 0.6) is 0 Å². The van der Waals surface area contributed by atoms with Crippen molar-refractivity contribution in [2.24, 2.45) is 11.8 Å². The van der Waals surface area contributed by atoms with Gasteiger partial charge in [0.15, 0.2) is 0 Å². The van der Waals surface area contributed by atoms with Gasteiger partial charge in [0, 0.05) is 43.7 Å². The fraction of sp³-hybridized carbons (Fsp3) is 0.559. The van der Waals surface area contributed by atoms with Crippen molar-refractivity contribution in [1.82, 2.24) is 14.8 Å². The molecule has 0 N–H and O–H groups in total. The smallest absolute Gasteiger partial charge is 0.219 e. The third kappa shape index (κ3) is 6.67. The Morgan fingerprint density at radius 2 is 1.61 bits per heavy atom. The molecule has 3 fully saturated rings. The number of nitrogens with zero attached hydrogens (tertiary/aromatic N) is 4. The number of ether oxygens (including phenoxy) is 1. The first kappa shape index (κ1) is 28.7. The summed E-state index contributed by atoms with van der Waals surface area (Å²) >= 11 is 6.41. The first-order chi connectivity index (χ1) is 20.1. The average Bonchev–Trinajstić information content (AvgIpc) is 3.66. The van der Waals surface area contributed by atoms with Gasteiger partial charge in [0.2, 0.25) is 11.8 Å². The summed E-state index contributed by atoms with van der Waals surface area (Å²) in [6, 6.07) is 19.7. The molecule has 2 unspecified atom stereocenters. The molecular formula is C34H45ClN4O2. The molecular weight excluding hydrogens is 532 g/mol. The Morgan fingerprint density at radius 1 is 0.902 bits per heavy atom. The first-order valence-electron chi connectivity index (χ1n) is 15.6. The Bertz CT molecular complexity index is 1240. The van der Waals surface area contributed by atoms with Crippen LogP contribution in [0.4, 0.5) is 5.88 Å². The second kappa shape index (κ2) is 13.3. The van der Waals surface area contributed by atoms with E-state index in [2.05, 4.69) is 77.3 Å². The highest BCUT2D eigenvalue weighted by Crippen LogP contribution is 2.46. The fourth-order valence-electron chi connectivity index (χ4n) is 7.53. The van der Waals surface area contributed by atoms with Crippen LogP contribution < -0.4 is 4.90 Å². The molecule has 3 aliphatic rings. The topological polar surface area (TPSA) is 45.0 Å². The van der Waals surface area contributed by atoms with Gasteiger partial charge in [-0.3, -0.25) is 4.90 Å². The predicted molar refractivity (Wildman–Crippen MR) is 166 cm³/mol. The highest BCUT2D eigenvalue weighted by atomic mass is 35.5. The molecule has 1 aliphatic carbocycles. The highest BCUT2D eigenvalue weighted by molar-refractivity contribution is 6.30.